The topological polar surface area (TPSA) is 55.4 Å². The van der Waals surface area contributed by atoms with Crippen LogP contribution in [0.25, 0.3) is 16.9 Å². The van der Waals surface area contributed by atoms with Gasteiger partial charge < -0.3 is 9.30 Å². The highest BCUT2D eigenvalue weighted by atomic mass is 16.2. The van der Waals surface area contributed by atoms with Gasteiger partial charge in [0.1, 0.15) is 5.65 Å². The number of imidazole rings is 1. The Bertz CT molecular complexity index is 1100. The number of pyridine rings is 1. The van der Waals surface area contributed by atoms with E-state index >= 15 is 0 Å². The van der Waals surface area contributed by atoms with Crippen molar-refractivity contribution in [3.8, 4) is 11.3 Å². The van der Waals surface area contributed by atoms with Crippen LogP contribution in [-0.4, -0.2) is 42.6 Å². The number of hydrogen-bond donors (Lipinski definition) is 0. The van der Waals surface area contributed by atoms with E-state index in [1.807, 2.05) is 81.1 Å². The summed E-state index contributed by atoms with van der Waals surface area (Å²) in [4.78, 5) is 19.8. The molecule has 6 nitrogen and oxygen atoms in total. The predicted octanol–water partition coefficient (Wildman–Crippen LogP) is 3.50. The predicted molar refractivity (Wildman–Crippen MR) is 107 cm³/mol. The van der Waals surface area contributed by atoms with Crippen LogP contribution >= 0.6 is 0 Å². The van der Waals surface area contributed by atoms with Gasteiger partial charge in [0, 0.05) is 36.9 Å². The Morgan fingerprint density at radius 3 is 2.79 bits per heavy atom. The van der Waals surface area contributed by atoms with Gasteiger partial charge in [-0.15, -0.1) is 0 Å². The van der Waals surface area contributed by atoms with Crippen molar-refractivity contribution in [2.75, 3.05) is 6.54 Å². The molecule has 1 amide bonds. The Hall–Kier alpha value is -3.41. The molecule has 28 heavy (non-hydrogen) atoms. The van der Waals surface area contributed by atoms with E-state index in [2.05, 4.69) is 10.1 Å². The summed E-state index contributed by atoms with van der Waals surface area (Å²) in [6, 6.07) is 16.0. The second-order valence-corrected chi connectivity index (χ2v) is 7.20. The Morgan fingerprint density at radius 2 is 1.96 bits per heavy atom. The van der Waals surface area contributed by atoms with Crippen molar-refractivity contribution in [3.63, 3.8) is 0 Å². The number of carbonyl (C=O) groups is 1. The van der Waals surface area contributed by atoms with Crippen molar-refractivity contribution in [3.05, 3.63) is 78.9 Å². The molecule has 4 heterocycles. The zero-order valence-corrected chi connectivity index (χ0v) is 15.5. The molecule has 6 heteroatoms. The van der Waals surface area contributed by atoms with Gasteiger partial charge in [0.25, 0.3) is 5.91 Å². The van der Waals surface area contributed by atoms with Gasteiger partial charge in [-0.25, -0.2) is 4.98 Å². The number of likely N-dealkylation sites (tertiary alicyclic amines) is 1. The van der Waals surface area contributed by atoms with E-state index in [-0.39, 0.29) is 11.9 Å². The highest BCUT2D eigenvalue weighted by Crippen LogP contribution is 2.23. The van der Waals surface area contributed by atoms with Crippen LogP contribution < -0.4 is 0 Å². The third-order valence-corrected chi connectivity index (χ3v) is 5.36. The van der Waals surface area contributed by atoms with Gasteiger partial charge in [-0.3, -0.25) is 9.48 Å². The Kier molecular flexibility index (Phi) is 4.16. The Morgan fingerprint density at radius 1 is 1.07 bits per heavy atom. The van der Waals surface area contributed by atoms with Crippen molar-refractivity contribution >= 4 is 11.6 Å². The van der Waals surface area contributed by atoms with E-state index < -0.39 is 0 Å². The third kappa shape index (κ3) is 3.07. The number of amides is 1. The van der Waals surface area contributed by atoms with Crippen molar-refractivity contribution in [1.82, 2.24) is 24.1 Å². The van der Waals surface area contributed by atoms with Crippen LogP contribution in [-0.2, 0) is 6.54 Å². The fourth-order valence-electron chi connectivity index (χ4n) is 3.95. The summed E-state index contributed by atoms with van der Waals surface area (Å²) in [5, 5.41) is 4.29. The summed E-state index contributed by atoms with van der Waals surface area (Å²) in [6.07, 6.45) is 9.63. The van der Waals surface area contributed by atoms with Gasteiger partial charge in [-0.1, -0.05) is 30.3 Å². The molecule has 0 spiro atoms. The van der Waals surface area contributed by atoms with Crippen LogP contribution in [0, 0.1) is 0 Å². The molecule has 1 aliphatic heterocycles. The van der Waals surface area contributed by atoms with Crippen LogP contribution in [0.15, 0.2) is 73.3 Å². The molecule has 140 valence electrons. The van der Waals surface area contributed by atoms with Gasteiger partial charge in [-0.2, -0.15) is 5.10 Å². The van der Waals surface area contributed by atoms with Gasteiger partial charge >= 0.3 is 0 Å². The number of fused-ring (bicyclic) bond motifs is 1. The number of benzene rings is 1. The number of aromatic nitrogens is 4. The zero-order chi connectivity index (χ0) is 18.9. The molecule has 1 aliphatic rings. The van der Waals surface area contributed by atoms with E-state index in [1.54, 1.807) is 6.20 Å². The molecule has 1 aromatic carbocycles. The first-order chi connectivity index (χ1) is 13.8. The molecule has 3 aromatic heterocycles. The number of carbonyl (C=O) groups excluding carboxylic acids is 1. The van der Waals surface area contributed by atoms with Crippen LogP contribution in [0.1, 0.15) is 23.2 Å². The van der Waals surface area contributed by atoms with Crippen molar-refractivity contribution in [1.29, 1.82) is 0 Å². The number of rotatable bonds is 4. The normalized spacial score (nSPS) is 16.7. The average molecular weight is 371 g/mol. The molecule has 0 saturated carbocycles. The fourth-order valence-corrected chi connectivity index (χ4v) is 3.95. The summed E-state index contributed by atoms with van der Waals surface area (Å²) in [6.45, 7) is 1.53. The smallest absolute Gasteiger partial charge is 0.255 e. The van der Waals surface area contributed by atoms with Crippen molar-refractivity contribution in [2.24, 2.45) is 0 Å². The average Bonchev–Trinajstić information content (AvgIpc) is 3.48. The molecule has 0 unspecified atom stereocenters. The fraction of sp³-hybridized carbons (Fsp3) is 0.227. The van der Waals surface area contributed by atoms with Gasteiger partial charge in [0.05, 0.1) is 23.8 Å². The van der Waals surface area contributed by atoms with E-state index in [0.29, 0.717) is 5.56 Å². The molecule has 0 N–H and O–H groups in total. The maximum atomic E-state index is 13.2. The minimum Gasteiger partial charge on any atom is -0.334 e. The molecule has 1 atom stereocenters. The summed E-state index contributed by atoms with van der Waals surface area (Å²) in [5.74, 6) is 0.0755. The van der Waals surface area contributed by atoms with Gasteiger partial charge in [0.15, 0.2) is 0 Å². The first-order valence-electron chi connectivity index (χ1n) is 9.60. The molecule has 1 fully saturated rings. The SMILES string of the molecule is O=C(c1ccc2nc(-c3ccccc3)cn2c1)N1CCC[C@H]1Cn1cccn1. The highest BCUT2D eigenvalue weighted by molar-refractivity contribution is 5.94. The van der Waals surface area contributed by atoms with Gasteiger partial charge in [0.2, 0.25) is 0 Å². The lowest BCUT2D eigenvalue weighted by atomic mass is 10.2. The van der Waals surface area contributed by atoms with E-state index in [0.717, 1.165) is 42.8 Å². The minimum absolute atomic E-state index is 0.0755. The Labute approximate surface area is 163 Å². The standard InChI is InChI=1S/C22H21N5O/c28-22(27-13-4-8-19(27)15-26-12-5-11-23-26)18-9-10-21-24-20(16-25(21)14-18)17-6-2-1-3-7-17/h1-3,5-7,9-12,14,16,19H,4,8,13,15H2/t19-/m0/s1. The summed E-state index contributed by atoms with van der Waals surface area (Å²) in [5.41, 5.74) is 3.50. The van der Waals surface area contributed by atoms with E-state index in [1.165, 1.54) is 0 Å². The zero-order valence-electron chi connectivity index (χ0n) is 15.5. The monoisotopic (exact) mass is 371 g/mol. The highest BCUT2D eigenvalue weighted by Gasteiger charge is 2.30. The summed E-state index contributed by atoms with van der Waals surface area (Å²) in [7, 11) is 0. The van der Waals surface area contributed by atoms with Gasteiger partial charge in [-0.05, 0) is 31.0 Å². The largest absolute Gasteiger partial charge is 0.334 e. The lowest BCUT2D eigenvalue weighted by Gasteiger charge is -2.24. The maximum absolute atomic E-state index is 13.2. The summed E-state index contributed by atoms with van der Waals surface area (Å²) < 4.78 is 3.84. The van der Waals surface area contributed by atoms with Crippen LogP contribution in [0.2, 0.25) is 0 Å². The summed E-state index contributed by atoms with van der Waals surface area (Å²) >= 11 is 0. The first kappa shape index (κ1) is 16.7. The molecule has 0 radical (unpaired) electrons. The van der Waals surface area contributed by atoms with Crippen LogP contribution in [0.5, 0.6) is 0 Å². The van der Waals surface area contributed by atoms with E-state index in [4.69, 9.17) is 0 Å². The third-order valence-electron chi connectivity index (χ3n) is 5.36. The number of nitrogens with zero attached hydrogens (tertiary/aromatic N) is 5. The second kappa shape index (κ2) is 6.96. The number of hydrogen-bond acceptors (Lipinski definition) is 3. The molecular formula is C22H21N5O. The lowest BCUT2D eigenvalue weighted by molar-refractivity contribution is 0.0721. The lowest BCUT2D eigenvalue weighted by Crippen LogP contribution is -2.38. The van der Waals surface area contributed by atoms with Crippen molar-refractivity contribution < 1.29 is 4.79 Å². The van der Waals surface area contributed by atoms with Crippen LogP contribution in [0.4, 0.5) is 0 Å². The quantitative estimate of drug-likeness (QED) is 0.552. The molecule has 0 aliphatic carbocycles. The maximum Gasteiger partial charge on any atom is 0.255 e. The van der Waals surface area contributed by atoms with Crippen molar-refractivity contribution in [2.45, 2.75) is 25.4 Å². The minimum atomic E-state index is 0.0755. The first-order valence-corrected chi connectivity index (χ1v) is 9.60. The molecule has 0 bridgehead atoms. The molecule has 4 aromatic rings. The molecule has 5 rings (SSSR count). The second-order valence-electron chi connectivity index (χ2n) is 7.20. The van der Waals surface area contributed by atoms with Crippen LogP contribution in [0.3, 0.4) is 0 Å². The Balaban J connectivity index is 1.41. The van der Waals surface area contributed by atoms with E-state index in [9.17, 15) is 4.79 Å². The molecular weight excluding hydrogens is 350 g/mol. The molecule has 1 saturated heterocycles.